The Morgan fingerprint density at radius 1 is 1.37 bits per heavy atom. The van der Waals surface area contributed by atoms with Crippen LogP contribution < -0.4 is 10.2 Å². The summed E-state index contributed by atoms with van der Waals surface area (Å²) >= 11 is 0. The largest absolute Gasteiger partial charge is 0.368 e. The third-order valence-corrected chi connectivity index (χ3v) is 4.54. The average molecular weight is 262 g/mol. The Kier molecular flexibility index (Phi) is 3.48. The zero-order chi connectivity index (χ0) is 13.4. The highest BCUT2D eigenvalue weighted by Crippen LogP contribution is 2.39. The van der Waals surface area contributed by atoms with Gasteiger partial charge in [0.25, 0.3) is 0 Å². The van der Waals surface area contributed by atoms with Crippen LogP contribution in [0.5, 0.6) is 0 Å². The van der Waals surface area contributed by atoms with Gasteiger partial charge in [-0.25, -0.2) is 4.39 Å². The van der Waals surface area contributed by atoms with E-state index in [1.54, 1.807) is 12.1 Å². The maximum absolute atomic E-state index is 13.4. The molecule has 1 saturated carbocycles. The van der Waals surface area contributed by atoms with E-state index in [9.17, 15) is 4.39 Å². The summed E-state index contributed by atoms with van der Waals surface area (Å²) in [5, 5.41) is 3.54. The van der Waals surface area contributed by atoms with Gasteiger partial charge < -0.3 is 10.2 Å². The van der Waals surface area contributed by atoms with Crippen molar-refractivity contribution in [3.05, 3.63) is 29.6 Å². The molecule has 0 amide bonds. The Balaban J connectivity index is 1.70. The summed E-state index contributed by atoms with van der Waals surface area (Å²) in [6.07, 6.45) is 3.61. The van der Waals surface area contributed by atoms with Crippen molar-refractivity contribution in [3.63, 3.8) is 0 Å². The van der Waals surface area contributed by atoms with Crippen molar-refractivity contribution >= 4 is 5.69 Å². The second-order valence-corrected chi connectivity index (χ2v) is 6.18. The third-order valence-electron chi connectivity index (χ3n) is 4.54. The summed E-state index contributed by atoms with van der Waals surface area (Å²) in [6, 6.07) is 6.40. The minimum absolute atomic E-state index is 0.109. The zero-order valence-corrected chi connectivity index (χ0v) is 11.8. The number of fused-ring (bicyclic) bond motifs is 1. The Morgan fingerprint density at radius 2 is 2.21 bits per heavy atom. The molecule has 0 spiro atoms. The summed E-state index contributed by atoms with van der Waals surface area (Å²) in [6.45, 7) is 6.52. The van der Waals surface area contributed by atoms with Crippen molar-refractivity contribution in [2.75, 3.05) is 18.0 Å². The molecule has 2 atom stereocenters. The molecule has 0 aromatic heterocycles. The van der Waals surface area contributed by atoms with Gasteiger partial charge in [-0.15, -0.1) is 0 Å². The second kappa shape index (κ2) is 5.12. The van der Waals surface area contributed by atoms with Gasteiger partial charge in [0.2, 0.25) is 0 Å². The van der Waals surface area contributed by atoms with Crippen molar-refractivity contribution in [3.8, 4) is 0 Å². The van der Waals surface area contributed by atoms with Crippen LogP contribution in [0.3, 0.4) is 0 Å². The van der Waals surface area contributed by atoms with Gasteiger partial charge in [0.15, 0.2) is 0 Å². The van der Waals surface area contributed by atoms with Crippen molar-refractivity contribution < 1.29 is 4.39 Å². The van der Waals surface area contributed by atoms with Gasteiger partial charge in [-0.3, -0.25) is 0 Å². The zero-order valence-electron chi connectivity index (χ0n) is 11.8. The highest BCUT2D eigenvalue weighted by Gasteiger charge is 2.37. The summed E-state index contributed by atoms with van der Waals surface area (Å²) in [5.74, 6) is 0.610. The van der Waals surface area contributed by atoms with Gasteiger partial charge in [-0.2, -0.15) is 0 Å². The molecule has 104 valence electrons. The van der Waals surface area contributed by atoms with Crippen molar-refractivity contribution in [1.82, 2.24) is 5.32 Å². The van der Waals surface area contributed by atoms with Crippen LogP contribution in [-0.2, 0) is 6.42 Å². The van der Waals surface area contributed by atoms with Crippen molar-refractivity contribution in [2.24, 2.45) is 5.92 Å². The summed E-state index contributed by atoms with van der Waals surface area (Å²) in [7, 11) is 0. The number of hydrogen-bond acceptors (Lipinski definition) is 2. The fourth-order valence-electron chi connectivity index (χ4n) is 3.31. The molecule has 2 nitrogen and oxygen atoms in total. The first-order valence-electron chi connectivity index (χ1n) is 7.43. The van der Waals surface area contributed by atoms with E-state index in [2.05, 4.69) is 24.1 Å². The van der Waals surface area contributed by atoms with E-state index in [4.69, 9.17) is 0 Å². The monoisotopic (exact) mass is 262 g/mol. The molecule has 19 heavy (non-hydrogen) atoms. The topological polar surface area (TPSA) is 15.3 Å². The molecule has 1 aromatic carbocycles. The molecule has 0 radical (unpaired) electrons. The van der Waals surface area contributed by atoms with E-state index in [1.807, 2.05) is 6.07 Å². The summed E-state index contributed by atoms with van der Waals surface area (Å²) in [5.41, 5.74) is 2.45. The predicted molar refractivity (Wildman–Crippen MR) is 77.1 cm³/mol. The molecule has 1 aliphatic heterocycles. The SMILES string of the molecule is CC(C)NCC1CCC1N1CCc2ccc(F)cc21. The minimum Gasteiger partial charge on any atom is -0.368 e. The number of nitrogens with zero attached hydrogens (tertiary/aromatic N) is 1. The minimum atomic E-state index is -0.109. The van der Waals surface area contributed by atoms with Gasteiger partial charge in [0.05, 0.1) is 0 Å². The molecule has 1 fully saturated rings. The molecular formula is C16H23FN2. The highest BCUT2D eigenvalue weighted by molar-refractivity contribution is 5.59. The van der Waals surface area contributed by atoms with E-state index in [0.717, 1.165) is 31.1 Å². The van der Waals surface area contributed by atoms with Crippen molar-refractivity contribution in [1.29, 1.82) is 0 Å². The summed E-state index contributed by atoms with van der Waals surface area (Å²) in [4.78, 5) is 2.44. The lowest BCUT2D eigenvalue weighted by Gasteiger charge is -2.44. The second-order valence-electron chi connectivity index (χ2n) is 6.18. The Morgan fingerprint density at radius 3 is 2.89 bits per heavy atom. The van der Waals surface area contributed by atoms with Gasteiger partial charge >= 0.3 is 0 Å². The van der Waals surface area contributed by atoms with Crippen LogP contribution in [0, 0.1) is 11.7 Å². The molecule has 2 unspecified atom stereocenters. The van der Waals surface area contributed by atoms with Crippen LogP contribution in [0.25, 0.3) is 0 Å². The molecule has 0 bridgehead atoms. The van der Waals surface area contributed by atoms with Crippen LogP contribution in [0.4, 0.5) is 10.1 Å². The summed E-state index contributed by atoms with van der Waals surface area (Å²) < 4.78 is 13.4. The van der Waals surface area contributed by atoms with Gasteiger partial charge in [-0.05, 0) is 42.9 Å². The van der Waals surface area contributed by atoms with Crippen LogP contribution in [0.2, 0.25) is 0 Å². The highest BCUT2D eigenvalue weighted by atomic mass is 19.1. The fraction of sp³-hybridized carbons (Fsp3) is 0.625. The standard InChI is InChI=1S/C16H23FN2/c1-11(2)18-10-13-4-6-15(13)19-8-7-12-3-5-14(17)9-16(12)19/h3,5,9,11,13,15,18H,4,6-8,10H2,1-2H3. The number of hydrogen-bond donors (Lipinski definition) is 1. The fourth-order valence-corrected chi connectivity index (χ4v) is 3.31. The van der Waals surface area contributed by atoms with E-state index >= 15 is 0 Å². The lowest BCUT2D eigenvalue weighted by atomic mass is 9.78. The first kappa shape index (κ1) is 12.9. The maximum Gasteiger partial charge on any atom is 0.125 e. The van der Waals surface area contributed by atoms with E-state index in [1.165, 1.54) is 18.4 Å². The lowest BCUT2D eigenvalue weighted by molar-refractivity contribution is 0.232. The third kappa shape index (κ3) is 2.48. The van der Waals surface area contributed by atoms with E-state index in [0.29, 0.717) is 12.1 Å². The first-order chi connectivity index (χ1) is 9.15. The Labute approximate surface area is 115 Å². The van der Waals surface area contributed by atoms with Crippen LogP contribution in [0.1, 0.15) is 32.3 Å². The number of nitrogens with one attached hydrogen (secondary N) is 1. The molecule has 1 N–H and O–H groups in total. The molecule has 1 aliphatic carbocycles. The molecular weight excluding hydrogens is 239 g/mol. The quantitative estimate of drug-likeness (QED) is 0.897. The maximum atomic E-state index is 13.4. The normalized spacial score (nSPS) is 25.6. The number of halogens is 1. The molecule has 1 heterocycles. The number of anilines is 1. The molecule has 3 heteroatoms. The van der Waals surface area contributed by atoms with E-state index in [-0.39, 0.29) is 5.82 Å². The average Bonchev–Trinajstić information content (AvgIpc) is 2.71. The van der Waals surface area contributed by atoms with Gasteiger partial charge in [0, 0.05) is 30.9 Å². The molecule has 0 saturated heterocycles. The Bertz CT molecular complexity index is 458. The molecule has 3 rings (SSSR count). The smallest absolute Gasteiger partial charge is 0.125 e. The Hall–Kier alpha value is -1.09. The van der Waals surface area contributed by atoms with Gasteiger partial charge in [0.1, 0.15) is 5.82 Å². The van der Waals surface area contributed by atoms with Crippen molar-refractivity contribution in [2.45, 2.75) is 45.2 Å². The first-order valence-corrected chi connectivity index (χ1v) is 7.43. The van der Waals surface area contributed by atoms with Crippen LogP contribution >= 0.6 is 0 Å². The number of rotatable bonds is 4. The molecule has 1 aromatic rings. The van der Waals surface area contributed by atoms with Crippen LogP contribution in [-0.4, -0.2) is 25.2 Å². The van der Waals surface area contributed by atoms with Crippen LogP contribution in [0.15, 0.2) is 18.2 Å². The lowest BCUT2D eigenvalue weighted by Crippen LogP contribution is -2.50. The van der Waals surface area contributed by atoms with E-state index < -0.39 is 0 Å². The number of benzene rings is 1. The predicted octanol–water partition coefficient (Wildman–Crippen LogP) is 2.96. The molecule has 2 aliphatic rings. The van der Waals surface area contributed by atoms with Gasteiger partial charge in [-0.1, -0.05) is 19.9 Å².